The van der Waals surface area contributed by atoms with Gasteiger partial charge in [-0.05, 0) is 36.0 Å². The normalized spacial score (nSPS) is 13.8. The van der Waals surface area contributed by atoms with Crippen LogP contribution < -0.4 is 5.73 Å². The Kier molecular flexibility index (Phi) is 3.62. The summed E-state index contributed by atoms with van der Waals surface area (Å²) in [6.45, 7) is 6.72. The van der Waals surface area contributed by atoms with Crippen molar-refractivity contribution in [3.63, 3.8) is 0 Å². The fraction of sp³-hybridized carbons (Fsp3) is 0.467. The van der Waals surface area contributed by atoms with Crippen molar-refractivity contribution in [1.82, 2.24) is 9.97 Å². The van der Waals surface area contributed by atoms with E-state index in [0.717, 1.165) is 29.4 Å². The first-order valence-electron chi connectivity index (χ1n) is 6.42. The minimum absolute atomic E-state index is 0.0793. The van der Waals surface area contributed by atoms with Crippen LogP contribution in [0, 0.1) is 5.41 Å². The van der Waals surface area contributed by atoms with Crippen LogP contribution in [-0.2, 0) is 0 Å². The van der Waals surface area contributed by atoms with Gasteiger partial charge in [0.25, 0.3) is 0 Å². The van der Waals surface area contributed by atoms with Crippen LogP contribution in [0.2, 0.25) is 0 Å². The lowest BCUT2D eigenvalue weighted by molar-refractivity contribution is 0.350. The summed E-state index contributed by atoms with van der Waals surface area (Å²) in [6, 6.07) is 6.19. The van der Waals surface area contributed by atoms with Gasteiger partial charge in [-0.1, -0.05) is 26.8 Å². The van der Waals surface area contributed by atoms with Crippen molar-refractivity contribution in [1.29, 1.82) is 0 Å². The van der Waals surface area contributed by atoms with Gasteiger partial charge < -0.3 is 5.73 Å². The monoisotopic (exact) mass is 243 g/mol. The first kappa shape index (κ1) is 13.0. The number of fused-ring (bicyclic) bond motifs is 1. The molecule has 0 aliphatic carbocycles. The van der Waals surface area contributed by atoms with Crippen molar-refractivity contribution in [2.24, 2.45) is 11.1 Å². The fourth-order valence-electron chi connectivity index (χ4n) is 1.97. The molecule has 2 aromatic rings. The van der Waals surface area contributed by atoms with Crippen LogP contribution in [0.4, 0.5) is 0 Å². The van der Waals surface area contributed by atoms with Crippen molar-refractivity contribution in [3.05, 3.63) is 36.2 Å². The van der Waals surface area contributed by atoms with Gasteiger partial charge in [0.15, 0.2) is 0 Å². The molecular weight excluding hydrogens is 222 g/mol. The second-order valence-corrected chi connectivity index (χ2v) is 6.01. The van der Waals surface area contributed by atoms with E-state index in [1.54, 1.807) is 12.4 Å². The average molecular weight is 243 g/mol. The van der Waals surface area contributed by atoms with Gasteiger partial charge in [0, 0.05) is 18.4 Å². The van der Waals surface area contributed by atoms with Crippen molar-refractivity contribution in [2.45, 2.75) is 39.7 Å². The van der Waals surface area contributed by atoms with Crippen molar-refractivity contribution in [2.75, 3.05) is 0 Å². The van der Waals surface area contributed by atoms with Crippen molar-refractivity contribution < 1.29 is 0 Å². The molecule has 0 aliphatic rings. The van der Waals surface area contributed by atoms with Gasteiger partial charge in [-0.25, -0.2) is 0 Å². The molecule has 18 heavy (non-hydrogen) atoms. The molecule has 0 saturated carbocycles. The Morgan fingerprint density at radius 2 is 1.78 bits per heavy atom. The van der Waals surface area contributed by atoms with Gasteiger partial charge in [-0.2, -0.15) is 0 Å². The summed E-state index contributed by atoms with van der Waals surface area (Å²) in [6.07, 6.45) is 5.54. The van der Waals surface area contributed by atoms with E-state index in [9.17, 15) is 0 Å². The highest BCUT2D eigenvalue weighted by atomic mass is 14.8. The Labute approximate surface area is 108 Å². The molecular formula is C15H21N3. The molecule has 1 unspecified atom stereocenters. The zero-order valence-corrected chi connectivity index (χ0v) is 11.4. The smallest absolute Gasteiger partial charge is 0.0890 e. The van der Waals surface area contributed by atoms with Crippen LogP contribution >= 0.6 is 0 Å². The van der Waals surface area contributed by atoms with Gasteiger partial charge in [-0.15, -0.1) is 0 Å². The molecule has 0 saturated heterocycles. The highest BCUT2D eigenvalue weighted by molar-refractivity contribution is 5.74. The summed E-state index contributed by atoms with van der Waals surface area (Å²) in [4.78, 5) is 8.58. The minimum atomic E-state index is 0.0793. The maximum absolute atomic E-state index is 6.25. The van der Waals surface area contributed by atoms with E-state index >= 15 is 0 Å². The standard InChI is InChI=1S/C15H21N3/c1-15(2,3)7-6-12(16)11-4-5-13-14(10-11)18-9-8-17-13/h4-5,8-10,12H,6-7,16H2,1-3H3. The summed E-state index contributed by atoms with van der Waals surface area (Å²) >= 11 is 0. The van der Waals surface area contributed by atoms with Gasteiger partial charge in [-0.3, -0.25) is 9.97 Å². The van der Waals surface area contributed by atoms with E-state index in [2.05, 4.69) is 42.9 Å². The summed E-state index contributed by atoms with van der Waals surface area (Å²) < 4.78 is 0. The molecule has 0 radical (unpaired) electrons. The average Bonchev–Trinajstić information content (AvgIpc) is 2.34. The number of hydrogen-bond acceptors (Lipinski definition) is 3. The molecule has 0 spiro atoms. The maximum atomic E-state index is 6.25. The van der Waals surface area contributed by atoms with Crippen LogP contribution in [0.15, 0.2) is 30.6 Å². The van der Waals surface area contributed by atoms with Crippen molar-refractivity contribution in [3.8, 4) is 0 Å². The van der Waals surface area contributed by atoms with E-state index in [0.29, 0.717) is 5.41 Å². The number of rotatable bonds is 3. The predicted octanol–water partition coefficient (Wildman–Crippen LogP) is 3.46. The zero-order valence-electron chi connectivity index (χ0n) is 11.4. The Morgan fingerprint density at radius 1 is 1.11 bits per heavy atom. The number of nitrogens with two attached hydrogens (primary N) is 1. The van der Waals surface area contributed by atoms with Crippen LogP contribution in [0.5, 0.6) is 0 Å². The number of aromatic nitrogens is 2. The summed E-state index contributed by atoms with van der Waals surface area (Å²) in [5.41, 5.74) is 9.56. The quantitative estimate of drug-likeness (QED) is 0.898. The van der Waals surface area contributed by atoms with Crippen LogP contribution in [-0.4, -0.2) is 9.97 Å². The molecule has 1 aromatic carbocycles. The Balaban J connectivity index is 2.15. The number of hydrogen-bond donors (Lipinski definition) is 1. The Morgan fingerprint density at radius 3 is 2.44 bits per heavy atom. The summed E-state index contributed by atoms with van der Waals surface area (Å²) in [7, 11) is 0. The molecule has 3 heteroatoms. The zero-order chi connectivity index (χ0) is 13.2. The third kappa shape index (κ3) is 3.26. The van der Waals surface area contributed by atoms with Gasteiger partial charge in [0.1, 0.15) is 0 Å². The Hall–Kier alpha value is -1.48. The lowest BCUT2D eigenvalue weighted by Gasteiger charge is -2.21. The first-order valence-corrected chi connectivity index (χ1v) is 6.42. The molecule has 2 N–H and O–H groups in total. The molecule has 0 aliphatic heterocycles. The van der Waals surface area contributed by atoms with E-state index in [1.165, 1.54) is 0 Å². The van der Waals surface area contributed by atoms with E-state index in [1.807, 2.05) is 6.07 Å². The molecule has 0 bridgehead atoms. The third-order valence-electron chi connectivity index (χ3n) is 3.13. The fourth-order valence-corrected chi connectivity index (χ4v) is 1.97. The van der Waals surface area contributed by atoms with E-state index in [4.69, 9.17) is 5.73 Å². The highest BCUT2D eigenvalue weighted by Gasteiger charge is 2.14. The number of nitrogens with zero attached hydrogens (tertiary/aromatic N) is 2. The molecule has 1 heterocycles. The molecule has 2 rings (SSSR count). The SMILES string of the molecule is CC(C)(C)CCC(N)c1ccc2nccnc2c1. The third-order valence-corrected chi connectivity index (χ3v) is 3.13. The molecule has 0 fully saturated rings. The lowest BCUT2D eigenvalue weighted by atomic mass is 9.87. The van der Waals surface area contributed by atoms with Gasteiger partial charge in [0.05, 0.1) is 11.0 Å². The highest BCUT2D eigenvalue weighted by Crippen LogP contribution is 2.26. The van der Waals surface area contributed by atoms with E-state index in [-0.39, 0.29) is 6.04 Å². The molecule has 0 amide bonds. The lowest BCUT2D eigenvalue weighted by Crippen LogP contribution is -2.14. The molecule has 96 valence electrons. The largest absolute Gasteiger partial charge is 0.324 e. The number of benzene rings is 1. The topological polar surface area (TPSA) is 51.8 Å². The molecule has 3 nitrogen and oxygen atoms in total. The maximum Gasteiger partial charge on any atom is 0.0890 e. The predicted molar refractivity (Wildman–Crippen MR) is 75.2 cm³/mol. The molecule has 1 atom stereocenters. The van der Waals surface area contributed by atoms with E-state index < -0.39 is 0 Å². The van der Waals surface area contributed by atoms with Crippen LogP contribution in [0.1, 0.15) is 45.2 Å². The summed E-state index contributed by atoms with van der Waals surface area (Å²) in [5.74, 6) is 0. The Bertz CT molecular complexity index is 528. The van der Waals surface area contributed by atoms with Crippen molar-refractivity contribution >= 4 is 11.0 Å². The van der Waals surface area contributed by atoms with Gasteiger partial charge in [0.2, 0.25) is 0 Å². The van der Waals surface area contributed by atoms with Crippen LogP contribution in [0.25, 0.3) is 11.0 Å². The van der Waals surface area contributed by atoms with Gasteiger partial charge >= 0.3 is 0 Å². The van der Waals surface area contributed by atoms with Crippen LogP contribution in [0.3, 0.4) is 0 Å². The minimum Gasteiger partial charge on any atom is -0.324 e. The summed E-state index contributed by atoms with van der Waals surface area (Å²) in [5, 5.41) is 0. The first-order chi connectivity index (χ1) is 8.46. The second kappa shape index (κ2) is 5.02. The molecule has 1 aromatic heterocycles. The second-order valence-electron chi connectivity index (χ2n) is 6.01.